The highest BCUT2D eigenvalue weighted by Crippen LogP contribution is 2.32. The van der Waals surface area contributed by atoms with Crippen LogP contribution >= 0.6 is 0 Å². The molecule has 5 rings (SSSR count). The van der Waals surface area contributed by atoms with Crippen molar-refractivity contribution in [3.8, 4) is 22.6 Å². The second kappa shape index (κ2) is 10.4. The van der Waals surface area contributed by atoms with Gasteiger partial charge in [-0.2, -0.15) is 5.10 Å². The minimum Gasteiger partial charge on any atom is -0.462 e. The average molecular weight is 529 g/mol. The number of ether oxygens (including phenoxy) is 1. The molecule has 5 aromatic rings. The van der Waals surface area contributed by atoms with E-state index in [1.807, 2.05) is 24.3 Å². The Morgan fingerprint density at radius 2 is 1.84 bits per heavy atom. The number of benzene rings is 1. The highest BCUT2D eigenvalue weighted by atomic mass is 32.2. The number of carbonyl (C=O) groups is 1. The fraction of sp³-hybridized carbons (Fsp3) is 0.148. The number of rotatable bonds is 8. The Labute approximate surface area is 219 Å². The molecule has 0 fully saturated rings. The third-order valence-electron chi connectivity index (χ3n) is 5.89. The zero-order valence-electron chi connectivity index (χ0n) is 20.7. The minimum atomic E-state index is -3.82. The van der Waals surface area contributed by atoms with E-state index >= 15 is 0 Å². The number of pyridine rings is 3. The molecular weight excluding hydrogens is 504 g/mol. The van der Waals surface area contributed by atoms with E-state index in [1.54, 1.807) is 31.2 Å². The van der Waals surface area contributed by atoms with Crippen molar-refractivity contribution in [3.05, 3.63) is 84.3 Å². The number of aromatic amines is 1. The number of nitrogens with zero attached hydrogens (tertiary/aromatic N) is 4. The van der Waals surface area contributed by atoms with Gasteiger partial charge in [-0.05, 0) is 49.2 Å². The molecule has 0 radical (unpaired) electrons. The third-order valence-corrected chi connectivity index (χ3v) is 7.26. The van der Waals surface area contributed by atoms with E-state index < -0.39 is 16.0 Å². The van der Waals surface area contributed by atoms with E-state index in [9.17, 15) is 13.2 Å². The molecule has 0 aliphatic rings. The minimum absolute atomic E-state index is 0.0361. The van der Waals surface area contributed by atoms with Gasteiger partial charge in [-0.25, -0.2) is 18.2 Å². The van der Waals surface area contributed by atoms with Crippen LogP contribution < -0.4 is 4.72 Å². The first-order valence-corrected chi connectivity index (χ1v) is 13.4. The van der Waals surface area contributed by atoms with Crippen LogP contribution in [-0.2, 0) is 21.2 Å². The molecule has 2 N–H and O–H groups in total. The van der Waals surface area contributed by atoms with Crippen LogP contribution in [0.2, 0.25) is 0 Å². The first kappa shape index (κ1) is 25.0. The van der Waals surface area contributed by atoms with Crippen LogP contribution in [-0.4, -0.2) is 46.1 Å². The second-order valence-electron chi connectivity index (χ2n) is 8.35. The van der Waals surface area contributed by atoms with E-state index in [2.05, 4.69) is 36.8 Å². The lowest BCUT2D eigenvalue weighted by molar-refractivity contribution is 0.0528. The highest BCUT2D eigenvalue weighted by Gasteiger charge is 2.22. The lowest BCUT2D eigenvalue weighted by atomic mass is 10.0. The van der Waals surface area contributed by atoms with Crippen molar-refractivity contribution in [1.82, 2.24) is 25.1 Å². The monoisotopic (exact) mass is 528 g/mol. The molecule has 0 amide bonds. The summed E-state index contributed by atoms with van der Waals surface area (Å²) in [4.78, 5) is 25.8. The van der Waals surface area contributed by atoms with E-state index in [0.717, 1.165) is 12.0 Å². The number of sulfonamides is 1. The lowest BCUT2D eigenvalue weighted by Gasteiger charge is -2.10. The first-order chi connectivity index (χ1) is 18.4. The molecule has 0 atom stereocenters. The van der Waals surface area contributed by atoms with Gasteiger partial charge in [-0.15, -0.1) is 0 Å². The maximum absolute atomic E-state index is 13.0. The van der Waals surface area contributed by atoms with Crippen molar-refractivity contribution < 1.29 is 17.9 Å². The van der Waals surface area contributed by atoms with Gasteiger partial charge in [-0.3, -0.25) is 19.8 Å². The maximum atomic E-state index is 13.0. The van der Waals surface area contributed by atoms with Gasteiger partial charge in [-0.1, -0.05) is 31.2 Å². The zero-order valence-corrected chi connectivity index (χ0v) is 21.5. The number of aryl methyl sites for hydroxylation is 1. The van der Waals surface area contributed by atoms with E-state index in [1.165, 1.54) is 30.2 Å². The molecule has 10 nitrogen and oxygen atoms in total. The summed E-state index contributed by atoms with van der Waals surface area (Å²) in [6.07, 6.45) is 5.05. The Kier molecular flexibility index (Phi) is 6.84. The number of anilines is 1. The average Bonchev–Trinajstić information content (AvgIpc) is 3.37. The predicted molar refractivity (Wildman–Crippen MR) is 143 cm³/mol. The zero-order chi connectivity index (χ0) is 26.7. The van der Waals surface area contributed by atoms with E-state index in [4.69, 9.17) is 4.74 Å². The molecule has 4 aromatic heterocycles. The van der Waals surface area contributed by atoms with Gasteiger partial charge >= 0.3 is 5.97 Å². The number of esters is 1. The normalized spacial score (nSPS) is 11.4. The molecule has 0 aliphatic heterocycles. The summed E-state index contributed by atoms with van der Waals surface area (Å²) >= 11 is 0. The fourth-order valence-electron chi connectivity index (χ4n) is 3.97. The number of hydrogen-bond donors (Lipinski definition) is 2. The van der Waals surface area contributed by atoms with Gasteiger partial charge in [0.05, 0.1) is 46.5 Å². The second-order valence-corrected chi connectivity index (χ2v) is 10.0. The Balaban J connectivity index is 1.52. The summed E-state index contributed by atoms with van der Waals surface area (Å²) in [7, 11) is -3.82. The van der Waals surface area contributed by atoms with E-state index in [-0.39, 0.29) is 17.2 Å². The van der Waals surface area contributed by atoms with Crippen molar-refractivity contribution in [1.29, 1.82) is 0 Å². The molecule has 11 heteroatoms. The topological polar surface area (TPSA) is 140 Å². The SMILES string of the molecule is CCOC(=O)c1cc(-c2ccc(NS(=O)(=O)c3cccnc3)cn2)nc2n[nH]c(-c3ccc(CC)cc3)c12. The maximum Gasteiger partial charge on any atom is 0.339 e. The van der Waals surface area contributed by atoms with Crippen molar-refractivity contribution in [2.45, 2.75) is 25.2 Å². The van der Waals surface area contributed by atoms with Gasteiger partial charge in [0.15, 0.2) is 5.65 Å². The highest BCUT2D eigenvalue weighted by molar-refractivity contribution is 7.92. The van der Waals surface area contributed by atoms with E-state index in [0.29, 0.717) is 33.7 Å². The Hall–Kier alpha value is -4.64. The van der Waals surface area contributed by atoms with Crippen LogP contribution in [0.4, 0.5) is 5.69 Å². The number of H-pyrrole nitrogens is 1. The van der Waals surface area contributed by atoms with Crippen LogP contribution in [0, 0.1) is 0 Å². The Morgan fingerprint density at radius 3 is 2.50 bits per heavy atom. The fourth-order valence-corrected chi connectivity index (χ4v) is 4.97. The van der Waals surface area contributed by atoms with Gasteiger partial charge in [0.1, 0.15) is 4.90 Å². The van der Waals surface area contributed by atoms with Crippen molar-refractivity contribution in [3.63, 3.8) is 0 Å². The number of aromatic nitrogens is 5. The molecule has 0 unspecified atom stereocenters. The molecular formula is C27H24N6O4S. The van der Waals surface area contributed by atoms with Crippen molar-refractivity contribution in [2.75, 3.05) is 11.3 Å². The molecule has 38 heavy (non-hydrogen) atoms. The summed E-state index contributed by atoms with van der Waals surface area (Å²) in [6.45, 7) is 4.03. The van der Waals surface area contributed by atoms with Crippen molar-refractivity contribution in [2.24, 2.45) is 0 Å². The Bertz CT molecular complexity index is 1700. The molecule has 0 aliphatic carbocycles. The number of nitrogens with one attached hydrogen (secondary N) is 2. The molecule has 0 saturated carbocycles. The van der Waals surface area contributed by atoms with Crippen LogP contribution in [0.5, 0.6) is 0 Å². The third kappa shape index (κ3) is 4.96. The quantitative estimate of drug-likeness (QED) is 0.278. The van der Waals surface area contributed by atoms with Crippen LogP contribution in [0.25, 0.3) is 33.7 Å². The van der Waals surface area contributed by atoms with Crippen molar-refractivity contribution >= 4 is 32.7 Å². The van der Waals surface area contributed by atoms with Gasteiger partial charge in [0.2, 0.25) is 0 Å². The predicted octanol–water partition coefficient (Wildman–Crippen LogP) is 4.62. The largest absolute Gasteiger partial charge is 0.462 e. The molecule has 4 heterocycles. The summed E-state index contributed by atoms with van der Waals surface area (Å²) in [5.74, 6) is -0.505. The van der Waals surface area contributed by atoms with Gasteiger partial charge in [0, 0.05) is 18.0 Å². The molecule has 1 aromatic carbocycles. The smallest absolute Gasteiger partial charge is 0.339 e. The Morgan fingerprint density at radius 1 is 1.03 bits per heavy atom. The van der Waals surface area contributed by atoms with Crippen LogP contribution in [0.15, 0.2) is 78.1 Å². The summed E-state index contributed by atoms with van der Waals surface area (Å²) in [5.41, 5.74) is 4.45. The summed E-state index contributed by atoms with van der Waals surface area (Å²) < 4.78 is 33.0. The number of fused-ring (bicyclic) bond motifs is 1. The van der Waals surface area contributed by atoms with Crippen LogP contribution in [0.3, 0.4) is 0 Å². The van der Waals surface area contributed by atoms with Gasteiger partial charge < -0.3 is 4.74 Å². The number of carbonyl (C=O) groups excluding carboxylic acids is 1. The van der Waals surface area contributed by atoms with Gasteiger partial charge in [0.25, 0.3) is 10.0 Å². The van der Waals surface area contributed by atoms with Crippen LogP contribution in [0.1, 0.15) is 29.8 Å². The molecule has 0 saturated heterocycles. The first-order valence-electron chi connectivity index (χ1n) is 11.9. The number of hydrogen-bond acceptors (Lipinski definition) is 8. The lowest BCUT2D eigenvalue weighted by Crippen LogP contribution is -2.13. The molecule has 192 valence electrons. The standard InChI is InChI=1S/C27H24N6O4S/c1-3-17-7-9-18(10-8-17)25-24-21(27(34)37-4-2)14-23(30-26(24)32-31-25)22-12-11-19(15-29-22)33-38(35,36)20-6-5-13-28-16-20/h5-16,33H,3-4H2,1-2H3,(H,30,31,32). The molecule has 0 spiro atoms. The summed E-state index contributed by atoms with van der Waals surface area (Å²) in [5, 5.41) is 7.92. The molecule has 0 bridgehead atoms. The summed E-state index contributed by atoms with van der Waals surface area (Å²) in [6, 6.07) is 15.8.